The Morgan fingerprint density at radius 2 is 2.00 bits per heavy atom. The Balaban J connectivity index is 4.15. The molecule has 0 unspecified atom stereocenters. The Morgan fingerprint density at radius 3 is 2.50 bits per heavy atom. The van der Waals surface area contributed by atoms with Crippen molar-refractivity contribution in [3.63, 3.8) is 0 Å². The number of terminal acetylenes is 1. The van der Waals surface area contributed by atoms with E-state index in [4.69, 9.17) is 11.2 Å². The van der Waals surface area contributed by atoms with Crippen molar-refractivity contribution in [2.45, 2.75) is 12.8 Å². The summed E-state index contributed by atoms with van der Waals surface area (Å²) in [6, 6.07) is 0. The number of methoxy groups -OCH3 is 2. The SMILES string of the molecule is C#CCC(=O)N(CCOC)CCC(=O)OC. The molecule has 0 aromatic carbocycles. The quantitative estimate of drug-likeness (QED) is 0.455. The fourth-order valence-electron chi connectivity index (χ4n) is 1.09. The zero-order valence-electron chi connectivity index (χ0n) is 9.69. The molecule has 5 nitrogen and oxygen atoms in total. The topological polar surface area (TPSA) is 55.8 Å². The van der Waals surface area contributed by atoms with Gasteiger partial charge in [0.2, 0.25) is 5.91 Å². The minimum Gasteiger partial charge on any atom is -0.469 e. The molecule has 0 radical (unpaired) electrons. The highest BCUT2D eigenvalue weighted by Gasteiger charge is 2.13. The second-order valence-corrected chi connectivity index (χ2v) is 3.08. The molecule has 0 aromatic heterocycles. The number of hydrogen-bond acceptors (Lipinski definition) is 4. The van der Waals surface area contributed by atoms with E-state index in [0.29, 0.717) is 19.7 Å². The van der Waals surface area contributed by atoms with Crippen molar-refractivity contribution in [1.82, 2.24) is 4.90 Å². The molecule has 0 aliphatic carbocycles. The maximum Gasteiger partial charge on any atom is 0.307 e. The first kappa shape index (κ1) is 14.5. The summed E-state index contributed by atoms with van der Waals surface area (Å²) in [5.41, 5.74) is 0. The Morgan fingerprint density at radius 1 is 1.31 bits per heavy atom. The van der Waals surface area contributed by atoms with E-state index in [2.05, 4.69) is 10.7 Å². The van der Waals surface area contributed by atoms with Gasteiger partial charge in [0.15, 0.2) is 0 Å². The summed E-state index contributed by atoms with van der Waals surface area (Å²) in [7, 11) is 2.86. The van der Waals surface area contributed by atoms with Crippen LogP contribution in [0.1, 0.15) is 12.8 Å². The van der Waals surface area contributed by atoms with E-state index in [1.54, 1.807) is 7.11 Å². The Hall–Kier alpha value is -1.54. The van der Waals surface area contributed by atoms with Crippen LogP contribution in [-0.2, 0) is 19.1 Å². The summed E-state index contributed by atoms with van der Waals surface area (Å²) in [6.45, 7) is 1.14. The van der Waals surface area contributed by atoms with Gasteiger partial charge in [0.05, 0.1) is 26.6 Å². The van der Waals surface area contributed by atoms with Crippen LogP contribution >= 0.6 is 0 Å². The number of amides is 1. The number of rotatable bonds is 7. The molecule has 0 aromatic rings. The van der Waals surface area contributed by atoms with Crippen molar-refractivity contribution in [1.29, 1.82) is 0 Å². The van der Waals surface area contributed by atoms with E-state index in [-0.39, 0.29) is 24.7 Å². The van der Waals surface area contributed by atoms with Gasteiger partial charge in [-0.15, -0.1) is 6.42 Å². The number of ether oxygens (including phenoxy) is 2. The molecule has 0 aliphatic heterocycles. The highest BCUT2D eigenvalue weighted by atomic mass is 16.5. The highest BCUT2D eigenvalue weighted by molar-refractivity contribution is 5.79. The maximum atomic E-state index is 11.5. The predicted molar refractivity (Wildman–Crippen MR) is 58.5 cm³/mol. The van der Waals surface area contributed by atoms with Crippen LogP contribution in [0.4, 0.5) is 0 Å². The lowest BCUT2D eigenvalue weighted by Crippen LogP contribution is -2.35. The largest absolute Gasteiger partial charge is 0.469 e. The van der Waals surface area contributed by atoms with Gasteiger partial charge < -0.3 is 14.4 Å². The van der Waals surface area contributed by atoms with Crippen LogP contribution in [0, 0.1) is 12.3 Å². The molecule has 0 aliphatic rings. The zero-order chi connectivity index (χ0) is 12.4. The maximum absolute atomic E-state index is 11.5. The first-order valence-corrected chi connectivity index (χ1v) is 4.92. The van der Waals surface area contributed by atoms with Gasteiger partial charge in [-0.05, 0) is 0 Å². The third-order valence-corrected chi connectivity index (χ3v) is 1.98. The Kier molecular flexibility index (Phi) is 7.90. The second kappa shape index (κ2) is 8.74. The van der Waals surface area contributed by atoms with Crippen LogP contribution in [0.5, 0.6) is 0 Å². The van der Waals surface area contributed by atoms with Gasteiger partial charge in [0, 0.05) is 20.2 Å². The van der Waals surface area contributed by atoms with E-state index >= 15 is 0 Å². The minimum absolute atomic E-state index is 0.0326. The monoisotopic (exact) mass is 227 g/mol. The molecule has 0 bridgehead atoms. The van der Waals surface area contributed by atoms with Crippen LogP contribution in [0.3, 0.4) is 0 Å². The van der Waals surface area contributed by atoms with Gasteiger partial charge >= 0.3 is 5.97 Å². The van der Waals surface area contributed by atoms with Crippen LogP contribution in [-0.4, -0.2) is 50.7 Å². The van der Waals surface area contributed by atoms with Crippen molar-refractivity contribution >= 4 is 11.9 Å². The minimum atomic E-state index is -0.351. The molecule has 0 rings (SSSR count). The molecule has 0 saturated heterocycles. The summed E-state index contributed by atoms with van der Waals surface area (Å²) in [5.74, 6) is 1.75. The first-order valence-electron chi connectivity index (χ1n) is 4.92. The average Bonchev–Trinajstić information content (AvgIpc) is 2.29. The summed E-state index contributed by atoms with van der Waals surface area (Å²) < 4.78 is 9.37. The van der Waals surface area contributed by atoms with Crippen molar-refractivity contribution < 1.29 is 19.1 Å². The van der Waals surface area contributed by atoms with Crippen molar-refractivity contribution in [2.24, 2.45) is 0 Å². The van der Waals surface area contributed by atoms with Crippen LogP contribution in [0.15, 0.2) is 0 Å². The number of nitrogens with zero attached hydrogens (tertiary/aromatic N) is 1. The third-order valence-electron chi connectivity index (χ3n) is 1.98. The highest BCUT2D eigenvalue weighted by Crippen LogP contribution is 1.97. The van der Waals surface area contributed by atoms with E-state index in [0.717, 1.165) is 0 Å². The van der Waals surface area contributed by atoms with Crippen LogP contribution in [0.25, 0.3) is 0 Å². The van der Waals surface area contributed by atoms with Crippen molar-refractivity contribution in [3.8, 4) is 12.3 Å². The van der Waals surface area contributed by atoms with E-state index in [1.165, 1.54) is 12.0 Å². The van der Waals surface area contributed by atoms with Crippen LogP contribution in [0.2, 0.25) is 0 Å². The van der Waals surface area contributed by atoms with Crippen LogP contribution < -0.4 is 0 Å². The molecule has 5 heteroatoms. The molecule has 90 valence electrons. The van der Waals surface area contributed by atoms with E-state index in [1.807, 2.05) is 0 Å². The summed E-state index contributed by atoms with van der Waals surface area (Å²) in [5, 5.41) is 0. The molecule has 0 spiro atoms. The molecular weight excluding hydrogens is 210 g/mol. The molecule has 0 heterocycles. The predicted octanol–water partition coefficient (Wildman–Crippen LogP) is 0.0478. The number of esters is 1. The number of carbonyl (C=O) groups excluding carboxylic acids is 2. The average molecular weight is 227 g/mol. The Labute approximate surface area is 95.7 Å². The zero-order valence-corrected chi connectivity index (χ0v) is 9.69. The Bertz CT molecular complexity index is 270. The van der Waals surface area contributed by atoms with Gasteiger partial charge in [-0.25, -0.2) is 0 Å². The van der Waals surface area contributed by atoms with E-state index < -0.39 is 0 Å². The number of carbonyl (C=O) groups is 2. The normalized spacial score (nSPS) is 9.31. The van der Waals surface area contributed by atoms with Gasteiger partial charge in [-0.3, -0.25) is 9.59 Å². The molecule has 0 N–H and O–H groups in total. The van der Waals surface area contributed by atoms with E-state index in [9.17, 15) is 9.59 Å². The second-order valence-electron chi connectivity index (χ2n) is 3.08. The van der Waals surface area contributed by atoms with Crippen molar-refractivity contribution in [2.75, 3.05) is 33.9 Å². The van der Waals surface area contributed by atoms with Gasteiger partial charge in [-0.1, -0.05) is 5.92 Å². The lowest BCUT2D eigenvalue weighted by atomic mass is 10.3. The molecule has 0 saturated carbocycles. The van der Waals surface area contributed by atoms with Gasteiger partial charge in [0.1, 0.15) is 0 Å². The summed E-state index contributed by atoms with van der Waals surface area (Å²) in [6.07, 6.45) is 5.25. The fourth-order valence-corrected chi connectivity index (χ4v) is 1.09. The lowest BCUT2D eigenvalue weighted by molar-refractivity contribution is -0.141. The van der Waals surface area contributed by atoms with Gasteiger partial charge in [0.25, 0.3) is 0 Å². The fraction of sp³-hybridized carbons (Fsp3) is 0.636. The first-order chi connectivity index (χ1) is 7.65. The molecule has 0 fully saturated rings. The van der Waals surface area contributed by atoms with Gasteiger partial charge in [-0.2, -0.15) is 0 Å². The molecule has 16 heavy (non-hydrogen) atoms. The molecule has 1 amide bonds. The smallest absolute Gasteiger partial charge is 0.307 e. The lowest BCUT2D eigenvalue weighted by Gasteiger charge is -2.20. The number of hydrogen-bond donors (Lipinski definition) is 0. The summed E-state index contributed by atoms with van der Waals surface area (Å²) in [4.78, 5) is 24.0. The van der Waals surface area contributed by atoms with Crippen molar-refractivity contribution in [3.05, 3.63) is 0 Å². The molecule has 0 atom stereocenters. The molecular formula is C11H17NO4. The summed E-state index contributed by atoms with van der Waals surface area (Å²) >= 11 is 0. The standard InChI is InChI=1S/C11H17NO4/c1-4-5-10(13)12(8-9-15-2)7-6-11(14)16-3/h1H,5-9H2,2-3H3. The third kappa shape index (κ3) is 6.04.